The van der Waals surface area contributed by atoms with Crippen LogP contribution in [0.15, 0.2) is 33.3 Å². The van der Waals surface area contributed by atoms with E-state index in [2.05, 4.69) is 40.3 Å². The molecule has 1 heterocycles. The van der Waals surface area contributed by atoms with E-state index < -0.39 is 0 Å². The molecule has 0 bridgehead atoms. The smallest absolute Gasteiger partial charge is 0.174 e. The molecule has 0 saturated carbocycles. The van der Waals surface area contributed by atoms with Crippen molar-refractivity contribution >= 4 is 27.5 Å². The summed E-state index contributed by atoms with van der Waals surface area (Å²) in [6.45, 7) is 5.19. The number of aromatic nitrogens is 1. The summed E-state index contributed by atoms with van der Waals surface area (Å²) >= 11 is 9.28. The molecule has 1 aromatic heterocycles. The summed E-state index contributed by atoms with van der Waals surface area (Å²) in [5.41, 5.74) is 0.868. The number of rotatable bonds is 6. The molecule has 0 aliphatic rings. The first-order chi connectivity index (χ1) is 9.54. The van der Waals surface area contributed by atoms with Crippen molar-refractivity contribution in [1.82, 2.24) is 10.5 Å². The molecule has 0 unspecified atom stereocenters. The first-order valence-electron chi connectivity index (χ1n) is 6.30. The number of halogens is 2. The van der Waals surface area contributed by atoms with Crippen molar-refractivity contribution in [2.45, 2.75) is 33.0 Å². The van der Waals surface area contributed by atoms with Gasteiger partial charge >= 0.3 is 0 Å². The molecule has 108 valence electrons. The molecule has 0 radical (unpaired) electrons. The molecule has 2 aromatic rings. The lowest BCUT2D eigenvalue weighted by Crippen LogP contribution is -2.21. The molecule has 6 heteroatoms. The van der Waals surface area contributed by atoms with Gasteiger partial charge < -0.3 is 14.6 Å². The molecule has 2 rings (SSSR count). The minimum atomic E-state index is 0.328. The van der Waals surface area contributed by atoms with Gasteiger partial charge in [0.1, 0.15) is 12.4 Å². The van der Waals surface area contributed by atoms with Crippen LogP contribution in [0.2, 0.25) is 5.02 Å². The van der Waals surface area contributed by atoms with Crippen LogP contribution >= 0.6 is 27.5 Å². The molecular weight excluding hydrogens is 344 g/mol. The third kappa shape index (κ3) is 4.51. The highest BCUT2D eigenvalue weighted by molar-refractivity contribution is 9.10. The number of benzene rings is 1. The SMILES string of the molecule is CC(C)NCc1cc(COc2ccc(Cl)cc2Br)on1. The Morgan fingerprint density at radius 1 is 1.40 bits per heavy atom. The van der Waals surface area contributed by atoms with E-state index in [1.54, 1.807) is 12.1 Å². The van der Waals surface area contributed by atoms with E-state index in [4.69, 9.17) is 20.9 Å². The van der Waals surface area contributed by atoms with Crippen molar-refractivity contribution in [2.24, 2.45) is 0 Å². The average Bonchev–Trinajstić information content (AvgIpc) is 2.83. The Kier molecular flexibility index (Phi) is 5.46. The fraction of sp³-hybridized carbons (Fsp3) is 0.357. The van der Waals surface area contributed by atoms with Gasteiger partial charge in [-0.3, -0.25) is 0 Å². The molecule has 1 N–H and O–H groups in total. The van der Waals surface area contributed by atoms with Gasteiger partial charge in [-0.2, -0.15) is 0 Å². The highest BCUT2D eigenvalue weighted by Crippen LogP contribution is 2.28. The van der Waals surface area contributed by atoms with Gasteiger partial charge in [-0.1, -0.05) is 30.6 Å². The van der Waals surface area contributed by atoms with Crippen LogP contribution in [0.3, 0.4) is 0 Å². The van der Waals surface area contributed by atoms with E-state index in [9.17, 15) is 0 Å². The van der Waals surface area contributed by atoms with Crippen molar-refractivity contribution in [3.63, 3.8) is 0 Å². The van der Waals surface area contributed by atoms with E-state index in [-0.39, 0.29) is 0 Å². The molecule has 0 aliphatic heterocycles. The maximum Gasteiger partial charge on any atom is 0.174 e. The van der Waals surface area contributed by atoms with Crippen molar-refractivity contribution in [1.29, 1.82) is 0 Å². The second-order valence-corrected chi connectivity index (χ2v) is 5.97. The monoisotopic (exact) mass is 358 g/mol. The van der Waals surface area contributed by atoms with Crippen LogP contribution < -0.4 is 10.1 Å². The van der Waals surface area contributed by atoms with Crippen LogP contribution in [0.4, 0.5) is 0 Å². The van der Waals surface area contributed by atoms with Gasteiger partial charge in [0.05, 0.1) is 10.2 Å². The first-order valence-corrected chi connectivity index (χ1v) is 7.47. The van der Waals surface area contributed by atoms with Crippen molar-refractivity contribution in [3.8, 4) is 5.75 Å². The predicted octanol–water partition coefficient (Wildman–Crippen LogP) is 4.17. The highest BCUT2D eigenvalue weighted by atomic mass is 79.9. The Hall–Kier alpha value is -1.04. The predicted molar refractivity (Wildman–Crippen MR) is 82.0 cm³/mol. The van der Waals surface area contributed by atoms with E-state index >= 15 is 0 Å². The fourth-order valence-corrected chi connectivity index (χ4v) is 2.35. The number of ether oxygens (including phenoxy) is 1. The molecule has 20 heavy (non-hydrogen) atoms. The average molecular weight is 360 g/mol. The zero-order valence-electron chi connectivity index (χ0n) is 11.3. The zero-order chi connectivity index (χ0) is 14.5. The normalized spacial score (nSPS) is 11.1. The molecule has 0 saturated heterocycles. The Morgan fingerprint density at radius 3 is 2.90 bits per heavy atom. The second kappa shape index (κ2) is 7.11. The van der Waals surface area contributed by atoms with Crippen LogP contribution in [-0.4, -0.2) is 11.2 Å². The van der Waals surface area contributed by atoms with E-state index in [0.717, 1.165) is 10.2 Å². The van der Waals surface area contributed by atoms with Crippen LogP contribution in [0.1, 0.15) is 25.3 Å². The summed E-state index contributed by atoms with van der Waals surface area (Å²) in [5.74, 6) is 1.40. The lowest BCUT2D eigenvalue weighted by atomic mass is 10.3. The topological polar surface area (TPSA) is 47.3 Å². The molecule has 0 aliphatic carbocycles. The minimum absolute atomic E-state index is 0.328. The molecular formula is C14H16BrClN2O2. The van der Waals surface area contributed by atoms with Gasteiger partial charge in [-0.25, -0.2) is 0 Å². The van der Waals surface area contributed by atoms with E-state index in [1.165, 1.54) is 0 Å². The van der Waals surface area contributed by atoms with Crippen LogP contribution in [0.5, 0.6) is 5.75 Å². The third-order valence-corrected chi connectivity index (χ3v) is 3.42. The quantitative estimate of drug-likeness (QED) is 0.841. The van der Waals surface area contributed by atoms with Crippen molar-refractivity contribution in [2.75, 3.05) is 0 Å². The second-order valence-electron chi connectivity index (χ2n) is 4.68. The van der Waals surface area contributed by atoms with Crippen molar-refractivity contribution < 1.29 is 9.26 Å². The van der Waals surface area contributed by atoms with Gasteiger partial charge in [0, 0.05) is 23.7 Å². The number of nitrogens with one attached hydrogen (secondary N) is 1. The van der Waals surface area contributed by atoms with Gasteiger partial charge in [-0.15, -0.1) is 0 Å². The Bertz CT molecular complexity index is 572. The summed E-state index contributed by atoms with van der Waals surface area (Å²) in [4.78, 5) is 0. The number of hydrogen-bond donors (Lipinski definition) is 1. The highest BCUT2D eigenvalue weighted by Gasteiger charge is 2.07. The summed E-state index contributed by atoms with van der Waals surface area (Å²) < 4.78 is 11.7. The molecule has 4 nitrogen and oxygen atoms in total. The number of hydrogen-bond acceptors (Lipinski definition) is 4. The lowest BCUT2D eigenvalue weighted by Gasteiger charge is -2.06. The van der Waals surface area contributed by atoms with Crippen LogP contribution in [0.25, 0.3) is 0 Å². The van der Waals surface area contributed by atoms with Gasteiger partial charge in [0.25, 0.3) is 0 Å². The van der Waals surface area contributed by atoms with Gasteiger partial charge in [0.2, 0.25) is 0 Å². The Balaban J connectivity index is 1.90. The largest absolute Gasteiger partial charge is 0.484 e. The molecule has 0 fully saturated rings. The Morgan fingerprint density at radius 2 is 2.20 bits per heavy atom. The third-order valence-electron chi connectivity index (χ3n) is 2.56. The molecule has 0 amide bonds. The zero-order valence-corrected chi connectivity index (χ0v) is 13.7. The maximum absolute atomic E-state index is 5.88. The Labute approximate surface area is 131 Å². The van der Waals surface area contributed by atoms with Gasteiger partial charge in [0.15, 0.2) is 5.76 Å². The first kappa shape index (κ1) is 15.4. The summed E-state index contributed by atoms with van der Waals surface area (Å²) in [6, 6.07) is 7.68. The fourth-order valence-electron chi connectivity index (χ4n) is 1.56. The number of nitrogens with zero attached hydrogens (tertiary/aromatic N) is 1. The minimum Gasteiger partial charge on any atom is -0.484 e. The van der Waals surface area contributed by atoms with E-state index in [1.807, 2.05) is 12.1 Å². The van der Waals surface area contributed by atoms with Crippen LogP contribution in [-0.2, 0) is 13.2 Å². The lowest BCUT2D eigenvalue weighted by molar-refractivity contribution is 0.247. The summed E-state index contributed by atoms with van der Waals surface area (Å²) in [5, 5.41) is 7.92. The molecule has 0 spiro atoms. The maximum atomic E-state index is 5.88. The van der Waals surface area contributed by atoms with Crippen molar-refractivity contribution in [3.05, 3.63) is 45.2 Å². The summed E-state index contributed by atoms with van der Waals surface area (Å²) in [6.07, 6.45) is 0. The molecule has 0 atom stereocenters. The standard InChI is InChI=1S/C14H16BrClN2O2/c1-9(2)17-7-11-6-12(20-18-11)8-19-14-4-3-10(16)5-13(14)15/h3-6,9,17H,7-8H2,1-2H3. The van der Waals surface area contributed by atoms with E-state index in [0.29, 0.717) is 35.7 Å². The van der Waals surface area contributed by atoms with Gasteiger partial charge in [-0.05, 0) is 34.1 Å². The summed E-state index contributed by atoms with van der Waals surface area (Å²) in [7, 11) is 0. The molecule has 1 aromatic carbocycles. The van der Waals surface area contributed by atoms with Crippen LogP contribution in [0, 0.1) is 0 Å².